The van der Waals surface area contributed by atoms with Crippen LogP contribution in [0.5, 0.6) is 5.75 Å². The number of hydrogen-bond acceptors (Lipinski definition) is 6. The molecule has 24 heavy (non-hydrogen) atoms. The summed E-state index contributed by atoms with van der Waals surface area (Å²) < 4.78 is 25.2. The van der Waals surface area contributed by atoms with Gasteiger partial charge in [-0.15, -0.1) is 0 Å². The molecule has 0 bridgehead atoms. The minimum Gasteiger partial charge on any atom is -0.488 e. The van der Waals surface area contributed by atoms with Gasteiger partial charge in [0.25, 0.3) is 0 Å². The van der Waals surface area contributed by atoms with E-state index in [4.69, 9.17) is 15.2 Å². The largest absolute Gasteiger partial charge is 0.488 e. The zero-order chi connectivity index (χ0) is 16.9. The fourth-order valence-electron chi connectivity index (χ4n) is 2.42. The van der Waals surface area contributed by atoms with Gasteiger partial charge in [-0.1, -0.05) is 0 Å². The van der Waals surface area contributed by atoms with Crippen LogP contribution in [0.4, 0.5) is 21.5 Å². The fourth-order valence-corrected chi connectivity index (χ4v) is 2.42. The zero-order valence-corrected chi connectivity index (χ0v) is 13.3. The standard InChI is InChI=1S/C17H19FN4O2/c1-23-8-9-24-14-7-6-13-15(16(14)18)17(21-10-20-13)22-12-4-2-11(19)3-5-12/h2-7,10,17,22H,8-9,19H2,1H3,(H,20,21). The maximum absolute atomic E-state index is 14.9. The first kappa shape index (κ1) is 16.1. The SMILES string of the molecule is COCCOc1ccc2c(c1F)C(Nc1ccc(N)cc1)N=CN2. The Labute approximate surface area is 139 Å². The molecule has 6 nitrogen and oxygen atoms in total. The number of halogens is 1. The molecule has 0 amide bonds. The zero-order valence-electron chi connectivity index (χ0n) is 13.3. The van der Waals surface area contributed by atoms with Crippen molar-refractivity contribution < 1.29 is 13.9 Å². The number of rotatable bonds is 6. The highest BCUT2D eigenvalue weighted by Crippen LogP contribution is 2.36. The number of fused-ring (bicyclic) bond motifs is 1. The molecule has 0 radical (unpaired) electrons. The van der Waals surface area contributed by atoms with Gasteiger partial charge in [0.1, 0.15) is 6.61 Å². The monoisotopic (exact) mass is 330 g/mol. The van der Waals surface area contributed by atoms with Crippen LogP contribution in [0.25, 0.3) is 0 Å². The Bertz CT molecular complexity index is 734. The molecule has 2 aromatic carbocycles. The van der Waals surface area contributed by atoms with Gasteiger partial charge in [-0.05, 0) is 36.4 Å². The number of methoxy groups -OCH3 is 1. The Hall–Kier alpha value is -2.80. The summed E-state index contributed by atoms with van der Waals surface area (Å²) in [7, 11) is 1.57. The van der Waals surface area contributed by atoms with Crippen LogP contribution in [-0.4, -0.2) is 26.7 Å². The highest BCUT2D eigenvalue weighted by atomic mass is 19.1. The topological polar surface area (TPSA) is 80.9 Å². The Kier molecular flexibility index (Phi) is 4.81. The van der Waals surface area contributed by atoms with Crippen molar-refractivity contribution in [3.63, 3.8) is 0 Å². The third-order valence-electron chi connectivity index (χ3n) is 3.62. The molecule has 1 atom stereocenters. The minimum absolute atomic E-state index is 0.175. The van der Waals surface area contributed by atoms with Gasteiger partial charge in [0.15, 0.2) is 17.7 Å². The van der Waals surface area contributed by atoms with E-state index in [1.807, 2.05) is 12.1 Å². The van der Waals surface area contributed by atoms with Crippen molar-refractivity contribution in [2.45, 2.75) is 6.17 Å². The van der Waals surface area contributed by atoms with E-state index in [9.17, 15) is 4.39 Å². The Morgan fingerprint density at radius 3 is 2.75 bits per heavy atom. The van der Waals surface area contributed by atoms with Gasteiger partial charge in [-0.25, -0.2) is 9.38 Å². The average molecular weight is 330 g/mol. The lowest BCUT2D eigenvalue weighted by Gasteiger charge is -2.24. The second-order valence-electron chi connectivity index (χ2n) is 5.27. The van der Waals surface area contributed by atoms with Crippen molar-refractivity contribution in [2.75, 3.05) is 36.7 Å². The van der Waals surface area contributed by atoms with E-state index in [2.05, 4.69) is 15.6 Å². The lowest BCUT2D eigenvalue weighted by atomic mass is 10.1. The van der Waals surface area contributed by atoms with Gasteiger partial charge in [0.05, 0.1) is 18.5 Å². The van der Waals surface area contributed by atoms with Crippen LogP contribution < -0.4 is 21.1 Å². The predicted molar refractivity (Wildman–Crippen MR) is 93.1 cm³/mol. The normalized spacial score (nSPS) is 15.5. The first-order chi connectivity index (χ1) is 11.7. The lowest BCUT2D eigenvalue weighted by molar-refractivity contribution is 0.143. The van der Waals surface area contributed by atoms with Gasteiger partial charge in [0.2, 0.25) is 0 Å². The fraction of sp³-hybridized carbons (Fsp3) is 0.235. The summed E-state index contributed by atoms with van der Waals surface area (Å²) >= 11 is 0. The van der Waals surface area contributed by atoms with E-state index in [0.29, 0.717) is 23.5 Å². The summed E-state index contributed by atoms with van der Waals surface area (Å²) in [5, 5.41) is 6.14. The van der Waals surface area contributed by atoms with Gasteiger partial charge < -0.3 is 25.8 Å². The molecule has 0 spiro atoms. The molecule has 1 unspecified atom stereocenters. The van der Waals surface area contributed by atoms with Crippen molar-refractivity contribution in [1.29, 1.82) is 0 Å². The van der Waals surface area contributed by atoms with Gasteiger partial charge >= 0.3 is 0 Å². The van der Waals surface area contributed by atoms with E-state index in [-0.39, 0.29) is 12.4 Å². The average Bonchev–Trinajstić information content (AvgIpc) is 2.59. The highest BCUT2D eigenvalue weighted by Gasteiger charge is 2.24. The van der Waals surface area contributed by atoms with E-state index in [0.717, 1.165) is 5.69 Å². The minimum atomic E-state index is -0.559. The molecule has 0 saturated carbocycles. The number of nitrogen functional groups attached to an aromatic ring is 1. The van der Waals surface area contributed by atoms with E-state index >= 15 is 0 Å². The lowest BCUT2D eigenvalue weighted by Crippen LogP contribution is -2.19. The number of benzene rings is 2. The molecule has 0 aliphatic carbocycles. The van der Waals surface area contributed by atoms with Crippen LogP contribution in [0.1, 0.15) is 11.7 Å². The summed E-state index contributed by atoms with van der Waals surface area (Å²) in [4.78, 5) is 4.29. The molecule has 3 rings (SSSR count). The van der Waals surface area contributed by atoms with Crippen molar-refractivity contribution >= 4 is 23.4 Å². The van der Waals surface area contributed by atoms with Crippen LogP contribution in [-0.2, 0) is 4.74 Å². The number of ether oxygens (including phenoxy) is 2. The molecular weight excluding hydrogens is 311 g/mol. The molecule has 2 aromatic rings. The molecular formula is C17H19FN4O2. The second kappa shape index (κ2) is 7.18. The quantitative estimate of drug-likeness (QED) is 0.560. The van der Waals surface area contributed by atoms with E-state index < -0.39 is 12.0 Å². The van der Waals surface area contributed by atoms with E-state index in [1.165, 1.54) is 0 Å². The van der Waals surface area contributed by atoms with E-state index in [1.54, 1.807) is 37.7 Å². The van der Waals surface area contributed by atoms with Gasteiger partial charge in [0, 0.05) is 24.2 Å². The molecule has 126 valence electrons. The molecule has 4 N–H and O–H groups in total. The maximum atomic E-state index is 14.9. The number of anilines is 3. The van der Waals surface area contributed by atoms with Crippen LogP contribution in [0.15, 0.2) is 41.4 Å². The van der Waals surface area contributed by atoms with Crippen LogP contribution in [0.3, 0.4) is 0 Å². The predicted octanol–water partition coefficient (Wildman–Crippen LogP) is 3.00. The van der Waals surface area contributed by atoms with Gasteiger partial charge in [-0.3, -0.25) is 0 Å². The summed E-state index contributed by atoms with van der Waals surface area (Å²) in [6.45, 7) is 0.666. The third-order valence-corrected chi connectivity index (χ3v) is 3.62. The van der Waals surface area contributed by atoms with Gasteiger partial charge in [-0.2, -0.15) is 0 Å². The molecule has 1 heterocycles. The molecule has 0 aromatic heterocycles. The maximum Gasteiger partial charge on any atom is 0.174 e. The van der Waals surface area contributed by atoms with Crippen molar-refractivity contribution in [1.82, 2.24) is 0 Å². The number of aliphatic imine (C=N–C) groups is 1. The van der Waals surface area contributed by atoms with Crippen molar-refractivity contribution in [3.05, 3.63) is 47.8 Å². The smallest absolute Gasteiger partial charge is 0.174 e. The Balaban J connectivity index is 1.85. The third kappa shape index (κ3) is 3.41. The Morgan fingerprint density at radius 2 is 2.00 bits per heavy atom. The summed E-state index contributed by atoms with van der Waals surface area (Å²) in [6.07, 6.45) is 0.984. The molecule has 7 heteroatoms. The first-order valence-corrected chi connectivity index (χ1v) is 7.53. The second-order valence-corrected chi connectivity index (χ2v) is 5.27. The molecule has 1 aliphatic heterocycles. The molecule has 0 saturated heterocycles. The summed E-state index contributed by atoms with van der Waals surface area (Å²) in [6, 6.07) is 10.6. The summed E-state index contributed by atoms with van der Waals surface area (Å²) in [5.74, 6) is -0.269. The number of nitrogens with zero attached hydrogens (tertiary/aromatic N) is 1. The molecule has 1 aliphatic rings. The number of nitrogens with one attached hydrogen (secondary N) is 2. The Morgan fingerprint density at radius 1 is 1.21 bits per heavy atom. The van der Waals surface area contributed by atoms with Crippen LogP contribution >= 0.6 is 0 Å². The molecule has 0 fully saturated rings. The van der Waals surface area contributed by atoms with Crippen LogP contribution in [0.2, 0.25) is 0 Å². The summed E-state index contributed by atoms with van der Waals surface area (Å²) in [5.41, 5.74) is 8.20. The highest BCUT2D eigenvalue weighted by molar-refractivity contribution is 5.81. The first-order valence-electron chi connectivity index (χ1n) is 7.53. The number of hydrogen-bond donors (Lipinski definition) is 3. The van der Waals surface area contributed by atoms with Crippen molar-refractivity contribution in [3.8, 4) is 5.75 Å². The van der Waals surface area contributed by atoms with Crippen LogP contribution in [0, 0.1) is 5.82 Å². The van der Waals surface area contributed by atoms with Crippen molar-refractivity contribution in [2.24, 2.45) is 4.99 Å². The number of nitrogens with two attached hydrogens (primary N) is 1.